The first-order valence-electron chi connectivity index (χ1n) is 4.48. The van der Waals surface area contributed by atoms with Crippen LogP contribution < -0.4 is 5.32 Å². The van der Waals surface area contributed by atoms with Crippen molar-refractivity contribution in [2.45, 2.75) is 6.54 Å². The molecule has 0 aliphatic carbocycles. The molecule has 0 spiro atoms. The highest BCUT2D eigenvalue weighted by Crippen LogP contribution is 2.04. The Kier molecular flexibility index (Phi) is 2.44. The summed E-state index contributed by atoms with van der Waals surface area (Å²) in [6.45, 7) is 0.766. The van der Waals surface area contributed by atoms with Crippen LogP contribution in [0.15, 0.2) is 36.7 Å². The first-order valence-corrected chi connectivity index (χ1v) is 4.48. The van der Waals surface area contributed by atoms with E-state index in [4.69, 9.17) is 0 Å². The fourth-order valence-corrected chi connectivity index (χ4v) is 1.26. The van der Waals surface area contributed by atoms with Crippen LogP contribution in [0, 0.1) is 0 Å². The molecule has 0 unspecified atom stereocenters. The normalized spacial score (nSPS) is 10.1. The molecule has 0 aromatic carbocycles. The van der Waals surface area contributed by atoms with E-state index < -0.39 is 0 Å². The van der Waals surface area contributed by atoms with Gasteiger partial charge in [-0.25, -0.2) is 0 Å². The highest BCUT2D eigenvalue weighted by atomic mass is 15.2. The van der Waals surface area contributed by atoms with Crippen molar-refractivity contribution in [3.05, 3.63) is 42.4 Å². The number of aromatic nitrogens is 3. The van der Waals surface area contributed by atoms with Crippen molar-refractivity contribution in [3.63, 3.8) is 0 Å². The monoisotopic (exact) mass is 188 g/mol. The van der Waals surface area contributed by atoms with Gasteiger partial charge in [-0.3, -0.25) is 0 Å². The minimum Gasteiger partial charge on any atom is -0.363 e. The molecule has 0 saturated heterocycles. The number of rotatable bonds is 3. The smallest absolute Gasteiger partial charge is 0.148 e. The van der Waals surface area contributed by atoms with E-state index in [1.165, 1.54) is 5.69 Å². The predicted octanol–water partition coefficient (Wildman–Crippen LogP) is 1.43. The molecule has 2 aromatic heterocycles. The number of aryl methyl sites for hydroxylation is 1. The molecule has 0 fully saturated rings. The standard InChI is InChI=1S/C10H12N4/c1-14-7-3-4-9(14)8-11-10-5-2-6-12-13-10/h2-7H,8H2,1H3,(H,11,13). The second kappa shape index (κ2) is 3.91. The summed E-state index contributed by atoms with van der Waals surface area (Å²) in [6, 6.07) is 7.85. The van der Waals surface area contributed by atoms with Crippen molar-refractivity contribution >= 4 is 5.82 Å². The van der Waals surface area contributed by atoms with Gasteiger partial charge < -0.3 is 9.88 Å². The molecule has 0 aliphatic heterocycles. The van der Waals surface area contributed by atoms with Crippen LogP contribution in [-0.2, 0) is 13.6 Å². The number of hydrogen-bond donors (Lipinski definition) is 1. The van der Waals surface area contributed by atoms with E-state index in [0.29, 0.717) is 0 Å². The van der Waals surface area contributed by atoms with Crippen molar-refractivity contribution in [1.82, 2.24) is 14.8 Å². The summed E-state index contributed by atoms with van der Waals surface area (Å²) >= 11 is 0. The van der Waals surface area contributed by atoms with Crippen LogP contribution in [0.25, 0.3) is 0 Å². The van der Waals surface area contributed by atoms with Crippen LogP contribution in [0.5, 0.6) is 0 Å². The number of nitrogens with zero attached hydrogens (tertiary/aromatic N) is 3. The van der Waals surface area contributed by atoms with Crippen molar-refractivity contribution in [2.24, 2.45) is 7.05 Å². The Morgan fingerprint density at radius 3 is 2.93 bits per heavy atom. The quantitative estimate of drug-likeness (QED) is 0.792. The topological polar surface area (TPSA) is 42.7 Å². The van der Waals surface area contributed by atoms with Crippen molar-refractivity contribution in [2.75, 3.05) is 5.32 Å². The van der Waals surface area contributed by atoms with E-state index in [9.17, 15) is 0 Å². The summed E-state index contributed by atoms with van der Waals surface area (Å²) < 4.78 is 2.07. The third kappa shape index (κ3) is 1.90. The lowest BCUT2D eigenvalue weighted by Gasteiger charge is -2.05. The molecule has 4 heteroatoms. The lowest BCUT2D eigenvalue weighted by atomic mass is 10.4. The third-order valence-corrected chi connectivity index (χ3v) is 2.07. The third-order valence-electron chi connectivity index (χ3n) is 2.07. The molecule has 72 valence electrons. The maximum atomic E-state index is 3.94. The van der Waals surface area contributed by atoms with Gasteiger partial charge in [0.15, 0.2) is 0 Å². The summed E-state index contributed by atoms with van der Waals surface area (Å²) in [7, 11) is 2.02. The number of hydrogen-bond acceptors (Lipinski definition) is 3. The van der Waals surface area contributed by atoms with Gasteiger partial charge in [0, 0.05) is 25.1 Å². The van der Waals surface area contributed by atoms with Crippen LogP contribution in [0.2, 0.25) is 0 Å². The molecule has 2 rings (SSSR count). The van der Waals surface area contributed by atoms with Crippen LogP contribution in [0.3, 0.4) is 0 Å². The lowest BCUT2D eigenvalue weighted by molar-refractivity contribution is 0.837. The Balaban J connectivity index is 1.99. The van der Waals surface area contributed by atoms with Gasteiger partial charge in [0.25, 0.3) is 0 Å². The molecule has 0 radical (unpaired) electrons. The van der Waals surface area contributed by atoms with Crippen molar-refractivity contribution in [3.8, 4) is 0 Å². The van der Waals surface area contributed by atoms with E-state index in [-0.39, 0.29) is 0 Å². The lowest BCUT2D eigenvalue weighted by Crippen LogP contribution is -2.05. The Morgan fingerprint density at radius 1 is 1.36 bits per heavy atom. The summed E-state index contributed by atoms with van der Waals surface area (Å²) in [6.07, 6.45) is 3.68. The van der Waals surface area contributed by atoms with Gasteiger partial charge in [-0.2, -0.15) is 5.10 Å². The highest BCUT2D eigenvalue weighted by Gasteiger charge is 1.97. The van der Waals surface area contributed by atoms with Gasteiger partial charge in [0.05, 0.1) is 6.54 Å². The molecule has 2 heterocycles. The molecule has 14 heavy (non-hydrogen) atoms. The summed E-state index contributed by atoms with van der Waals surface area (Å²) in [5.41, 5.74) is 1.22. The fourth-order valence-electron chi connectivity index (χ4n) is 1.26. The molecule has 0 saturated carbocycles. The number of nitrogens with one attached hydrogen (secondary N) is 1. The molecule has 0 atom stereocenters. The minimum atomic E-state index is 0.766. The van der Waals surface area contributed by atoms with E-state index >= 15 is 0 Å². The molecule has 1 N–H and O–H groups in total. The van der Waals surface area contributed by atoms with E-state index in [0.717, 1.165) is 12.4 Å². The van der Waals surface area contributed by atoms with Gasteiger partial charge in [0.2, 0.25) is 0 Å². The Hall–Kier alpha value is -1.84. The van der Waals surface area contributed by atoms with E-state index in [1.54, 1.807) is 6.20 Å². The molecule has 0 amide bonds. The average Bonchev–Trinajstić information content (AvgIpc) is 2.63. The molecule has 0 bridgehead atoms. The Labute approximate surface area is 82.6 Å². The molecule has 0 aliphatic rings. The van der Waals surface area contributed by atoms with Crippen LogP contribution in [0.1, 0.15) is 5.69 Å². The molecule has 2 aromatic rings. The van der Waals surface area contributed by atoms with Crippen LogP contribution in [0.4, 0.5) is 5.82 Å². The maximum absolute atomic E-state index is 3.94. The van der Waals surface area contributed by atoms with Gasteiger partial charge in [-0.1, -0.05) is 0 Å². The summed E-state index contributed by atoms with van der Waals surface area (Å²) in [4.78, 5) is 0. The summed E-state index contributed by atoms with van der Waals surface area (Å²) in [5, 5.41) is 10.9. The summed E-state index contributed by atoms with van der Waals surface area (Å²) in [5.74, 6) is 0.800. The first kappa shape index (κ1) is 8.74. The average molecular weight is 188 g/mol. The first-order chi connectivity index (χ1) is 6.86. The Morgan fingerprint density at radius 2 is 2.29 bits per heavy atom. The minimum absolute atomic E-state index is 0.766. The highest BCUT2D eigenvalue weighted by molar-refractivity contribution is 5.32. The number of anilines is 1. The van der Waals surface area contributed by atoms with Gasteiger partial charge in [0.1, 0.15) is 5.82 Å². The van der Waals surface area contributed by atoms with Gasteiger partial charge >= 0.3 is 0 Å². The van der Waals surface area contributed by atoms with Crippen LogP contribution in [-0.4, -0.2) is 14.8 Å². The Bertz CT molecular complexity index is 394. The SMILES string of the molecule is Cn1cccc1CNc1cccnn1. The second-order valence-corrected chi connectivity index (χ2v) is 3.07. The fraction of sp³-hybridized carbons (Fsp3) is 0.200. The van der Waals surface area contributed by atoms with Crippen LogP contribution >= 0.6 is 0 Å². The maximum Gasteiger partial charge on any atom is 0.148 e. The zero-order chi connectivity index (χ0) is 9.80. The molecular weight excluding hydrogens is 176 g/mol. The van der Waals surface area contributed by atoms with Gasteiger partial charge in [-0.05, 0) is 24.3 Å². The van der Waals surface area contributed by atoms with Crippen molar-refractivity contribution < 1.29 is 0 Å². The van der Waals surface area contributed by atoms with E-state index in [2.05, 4.69) is 26.1 Å². The second-order valence-electron chi connectivity index (χ2n) is 3.07. The zero-order valence-corrected chi connectivity index (χ0v) is 8.01. The zero-order valence-electron chi connectivity index (χ0n) is 8.01. The predicted molar refractivity (Wildman–Crippen MR) is 54.8 cm³/mol. The molecule has 4 nitrogen and oxygen atoms in total. The largest absolute Gasteiger partial charge is 0.363 e. The van der Waals surface area contributed by atoms with Gasteiger partial charge in [-0.15, -0.1) is 5.10 Å². The van der Waals surface area contributed by atoms with Crippen molar-refractivity contribution in [1.29, 1.82) is 0 Å². The van der Waals surface area contributed by atoms with E-state index in [1.807, 2.05) is 31.4 Å². The molecular formula is C10H12N4.